The number of β-amino-alcohol motifs (C(OH)–C–C–N with tert-alkyl or cyclic N) is 1. The normalized spacial score (nSPS) is 18.8. The summed E-state index contributed by atoms with van der Waals surface area (Å²) in [6.07, 6.45) is 7.72. The van der Waals surface area contributed by atoms with E-state index in [1.807, 2.05) is 53.2 Å². The maximum Gasteiger partial charge on any atom is 0.279 e. The number of nitrogens with one attached hydrogen (secondary N) is 2. The van der Waals surface area contributed by atoms with Crippen LogP contribution in [0.1, 0.15) is 29.5 Å². The standard InChI is InChI=1S/C29H33ClN8O2/c1-33-26(21-4-2-20(15-31)3-5-21)27-25(32)28(39)38(19-35-27)17-29(40)8-11-36(12-9-29)16-22-6-7-23(14-24(22)30)37-13-10-34-18-37/h2-7,10,13-14,18-19,32-33,40H,8-9,11-12,15-17,31H2,1H3/b27-26+,32-25?. The van der Waals surface area contributed by atoms with Crippen LogP contribution in [0.2, 0.25) is 5.02 Å². The topological polar surface area (TPSA) is 136 Å². The summed E-state index contributed by atoms with van der Waals surface area (Å²) < 4.78 is 1.90. The Morgan fingerprint density at radius 3 is 2.58 bits per heavy atom. The second kappa shape index (κ2) is 11.7. The Bertz CT molecular complexity index is 1440. The van der Waals surface area contributed by atoms with Crippen molar-refractivity contribution < 1.29 is 9.90 Å². The predicted molar refractivity (Wildman–Crippen MR) is 156 cm³/mol. The van der Waals surface area contributed by atoms with E-state index in [0.717, 1.165) is 22.4 Å². The number of halogens is 1. The van der Waals surface area contributed by atoms with Crippen molar-refractivity contribution >= 4 is 35.3 Å². The third-order valence-electron chi connectivity index (χ3n) is 7.49. The van der Waals surface area contributed by atoms with Crippen molar-refractivity contribution in [3.63, 3.8) is 0 Å². The number of aromatic nitrogens is 2. The van der Waals surface area contributed by atoms with Gasteiger partial charge >= 0.3 is 0 Å². The summed E-state index contributed by atoms with van der Waals surface area (Å²) >= 11 is 6.58. The first-order chi connectivity index (χ1) is 19.3. The molecule has 1 saturated heterocycles. The lowest BCUT2D eigenvalue weighted by atomic mass is 9.90. The average molecular weight is 561 g/mol. The average Bonchev–Trinajstić information content (AvgIpc) is 3.51. The Hall–Kier alpha value is -3.83. The Labute approximate surface area is 238 Å². The minimum atomic E-state index is -1.07. The van der Waals surface area contributed by atoms with Crippen LogP contribution in [0, 0.1) is 5.41 Å². The summed E-state index contributed by atoms with van der Waals surface area (Å²) in [4.78, 5) is 25.3. The van der Waals surface area contributed by atoms with Gasteiger partial charge in [-0.2, -0.15) is 0 Å². The highest BCUT2D eigenvalue weighted by molar-refractivity contribution is 6.47. The second-order valence-electron chi connectivity index (χ2n) is 10.2. The van der Waals surface area contributed by atoms with E-state index in [1.54, 1.807) is 19.6 Å². The molecular formula is C29H33ClN8O2. The molecule has 2 aliphatic heterocycles. The summed E-state index contributed by atoms with van der Waals surface area (Å²) in [7, 11) is 1.73. The van der Waals surface area contributed by atoms with E-state index in [0.29, 0.717) is 49.7 Å². The zero-order valence-corrected chi connectivity index (χ0v) is 23.1. The largest absolute Gasteiger partial charge is 0.388 e. The molecule has 1 fully saturated rings. The van der Waals surface area contributed by atoms with E-state index in [-0.39, 0.29) is 18.0 Å². The van der Waals surface area contributed by atoms with Crippen molar-refractivity contribution in [2.24, 2.45) is 10.7 Å². The fourth-order valence-electron chi connectivity index (χ4n) is 5.08. The van der Waals surface area contributed by atoms with Gasteiger partial charge in [0.05, 0.1) is 30.5 Å². The summed E-state index contributed by atoms with van der Waals surface area (Å²) in [6, 6.07) is 13.5. The lowest BCUT2D eigenvalue weighted by molar-refractivity contribution is -0.124. The highest BCUT2D eigenvalue weighted by Crippen LogP contribution is 2.28. The molecule has 0 unspecified atom stereocenters. The molecule has 0 aliphatic carbocycles. The molecule has 3 heterocycles. The fraction of sp³-hybridized carbons (Fsp3) is 0.310. The van der Waals surface area contributed by atoms with Gasteiger partial charge in [0, 0.05) is 56.3 Å². The number of aliphatic hydroxyl groups is 1. The molecule has 10 nitrogen and oxygen atoms in total. The Kier molecular flexibility index (Phi) is 8.13. The number of piperidine rings is 1. The number of nitrogens with zero attached hydrogens (tertiary/aromatic N) is 5. The van der Waals surface area contributed by atoms with Crippen LogP contribution >= 0.6 is 11.6 Å². The highest BCUT2D eigenvalue weighted by atomic mass is 35.5. The summed E-state index contributed by atoms with van der Waals surface area (Å²) in [5.41, 5.74) is 9.01. The molecule has 11 heteroatoms. The number of imidazole rings is 1. The number of benzene rings is 2. The molecule has 0 atom stereocenters. The first-order valence-corrected chi connectivity index (χ1v) is 13.5. The number of rotatable bonds is 8. The van der Waals surface area contributed by atoms with Crippen LogP contribution in [0.15, 0.2) is 71.9 Å². The van der Waals surface area contributed by atoms with Crippen molar-refractivity contribution in [3.05, 3.63) is 88.6 Å². The number of nitrogens with two attached hydrogens (primary N) is 1. The van der Waals surface area contributed by atoms with E-state index in [1.165, 1.54) is 11.2 Å². The van der Waals surface area contributed by atoms with Crippen LogP contribution in [-0.2, 0) is 17.9 Å². The van der Waals surface area contributed by atoms with Gasteiger partial charge in [0.2, 0.25) is 0 Å². The zero-order chi connectivity index (χ0) is 28.3. The molecule has 0 saturated carbocycles. The Morgan fingerprint density at radius 1 is 1.20 bits per heavy atom. The fourth-order valence-corrected chi connectivity index (χ4v) is 5.31. The molecule has 0 bridgehead atoms. The van der Waals surface area contributed by atoms with Gasteiger partial charge in [-0.15, -0.1) is 0 Å². The molecule has 0 spiro atoms. The third kappa shape index (κ3) is 5.85. The molecule has 1 aromatic heterocycles. The van der Waals surface area contributed by atoms with Gasteiger partial charge < -0.3 is 20.7 Å². The van der Waals surface area contributed by atoms with Crippen LogP contribution in [0.25, 0.3) is 11.4 Å². The number of hydrogen-bond donors (Lipinski definition) is 4. The molecule has 2 aliphatic rings. The van der Waals surface area contributed by atoms with Crippen molar-refractivity contribution in [3.8, 4) is 5.69 Å². The van der Waals surface area contributed by atoms with Crippen molar-refractivity contribution in [1.29, 1.82) is 5.41 Å². The number of hydrogen-bond acceptors (Lipinski definition) is 8. The molecule has 40 heavy (non-hydrogen) atoms. The van der Waals surface area contributed by atoms with Gasteiger partial charge in [0.15, 0.2) is 0 Å². The van der Waals surface area contributed by atoms with Crippen LogP contribution in [-0.4, -0.2) is 74.7 Å². The van der Waals surface area contributed by atoms with E-state index in [4.69, 9.17) is 22.7 Å². The maximum atomic E-state index is 13.1. The van der Waals surface area contributed by atoms with Crippen molar-refractivity contribution in [2.45, 2.75) is 31.5 Å². The van der Waals surface area contributed by atoms with Crippen molar-refractivity contribution in [2.75, 3.05) is 26.7 Å². The number of likely N-dealkylation sites (tertiary alicyclic amines) is 1. The Morgan fingerprint density at radius 2 is 1.95 bits per heavy atom. The van der Waals surface area contributed by atoms with Gasteiger partial charge in [-0.25, -0.2) is 9.98 Å². The monoisotopic (exact) mass is 560 g/mol. The third-order valence-corrected chi connectivity index (χ3v) is 7.84. The minimum Gasteiger partial charge on any atom is -0.388 e. The lowest BCUT2D eigenvalue weighted by Gasteiger charge is -2.40. The van der Waals surface area contributed by atoms with Gasteiger partial charge in [-0.05, 0) is 41.7 Å². The van der Waals surface area contributed by atoms with Crippen LogP contribution in [0.5, 0.6) is 0 Å². The molecule has 1 amide bonds. The first-order valence-electron chi connectivity index (χ1n) is 13.2. The molecule has 5 N–H and O–H groups in total. The SMILES string of the molecule is CN/C(=C1/N=CN(CC2(O)CCN(Cc3ccc(-n4ccnc4)cc3Cl)CC2)C(=O)C1=N)c1ccc(CN)cc1. The number of carbonyl (C=O) groups is 1. The molecule has 208 valence electrons. The quantitative estimate of drug-likeness (QED) is 0.334. The van der Waals surface area contributed by atoms with Gasteiger partial charge in [-0.1, -0.05) is 41.9 Å². The summed E-state index contributed by atoms with van der Waals surface area (Å²) in [5, 5.41) is 23.6. The predicted octanol–water partition coefficient (Wildman–Crippen LogP) is 2.79. The zero-order valence-electron chi connectivity index (χ0n) is 22.3. The molecular weight excluding hydrogens is 528 g/mol. The van der Waals surface area contributed by atoms with Crippen molar-refractivity contribution in [1.82, 2.24) is 24.7 Å². The highest BCUT2D eigenvalue weighted by Gasteiger charge is 2.38. The number of amides is 1. The van der Waals surface area contributed by atoms with E-state index < -0.39 is 11.5 Å². The van der Waals surface area contributed by atoms with Gasteiger partial charge in [0.25, 0.3) is 5.91 Å². The summed E-state index contributed by atoms with van der Waals surface area (Å²) in [6.45, 7) is 2.49. The molecule has 0 radical (unpaired) electrons. The number of carbonyl (C=O) groups excluding carboxylic acids is 1. The van der Waals surface area contributed by atoms with E-state index >= 15 is 0 Å². The van der Waals surface area contributed by atoms with E-state index in [2.05, 4.69) is 20.2 Å². The minimum absolute atomic E-state index is 0.0826. The van der Waals surface area contributed by atoms with Crippen LogP contribution < -0.4 is 11.1 Å². The molecule has 2 aromatic carbocycles. The molecule has 3 aromatic rings. The maximum absolute atomic E-state index is 13.1. The Balaban J connectivity index is 1.22. The van der Waals surface area contributed by atoms with Crippen LogP contribution in [0.4, 0.5) is 0 Å². The van der Waals surface area contributed by atoms with Gasteiger partial charge in [0.1, 0.15) is 11.4 Å². The first kappa shape index (κ1) is 27.7. The second-order valence-corrected chi connectivity index (χ2v) is 10.6. The summed E-state index contributed by atoms with van der Waals surface area (Å²) in [5.74, 6) is -0.489. The number of aliphatic imine (C=N–C) groups is 1. The smallest absolute Gasteiger partial charge is 0.279 e. The lowest BCUT2D eigenvalue weighted by Crippen LogP contribution is -2.53. The van der Waals surface area contributed by atoms with Crippen LogP contribution in [0.3, 0.4) is 0 Å². The van der Waals surface area contributed by atoms with Gasteiger partial charge in [-0.3, -0.25) is 20.0 Å². The molecule has 5 rings (SSSR count). The van der Waals surface area contributed by atoms with E-state index in [9.17, 15) is 9.90 Å².